The van der Waals surface area contributed by atoms with Crippen LogP contribution < -0.4 is 9.62 Å². The van der Waals surface area contributed by atoms with Crippen LogP contribution in [0.3, 0.4) is 0 Å². The second-order valence-electron chi connectivity index (χ2n) is 10.3. The summed E-state index contributed by atoms with van der Waals surface area (Å²) in [6, 6.07) is 23.4. The molecule has 1 N–H and O–H groups in total. The molecule has 0 aliphatic carbocycles. The number of nitrogens with zero attached hydrogens (tertiary/aromatic N) is 2. The zero-order chi connectivity index (χ0) is 29.8. The van der Waals surface area contributed by atoms with Crippen LogP contribution in [0.25, 0.3) is 0 Å². The van der Waals surface area contributed by atoms with Crippen LogP contribution in [-0.4, -0.2) is 50.5 Å². The highest BCUT2D eigenvalue weighted by atomic mass is 35.5. The van der Waals surface area contributed by atoms with Crippen LogP contribution in [-0.2, 0) is 32.6 Å². The van der Waals surface area contributed by atoms with E-state index in [1.807, 2.05) is 67.6 Å². The van der Waals surface area contributed by atoms with E-state index in [1.165, 1.54) is 10.6 Å². The quantitative estimate of drug-likeness (QED) is 0.226. The van der Waals surface area contributed by atoms with E-state index >= 15 is 0 Å². The van der Waals surface area contributed by atoms with Gasteiger partial charge in [0.25, 0.3) is 0 Å². The Hall–Kier alpha value is -3.36. The van der Waals surface area contributed by atoms with Gasteiger partial charge >= 0.3 is 0 Å². The highest BCUT2D eigenvalue weighted by molar-refractivity contribution is 7.92. The van der Waals surface area contributed by atoms with Gasteiger partial charge in [-0.05, 0) is 60.7 Å². The summed E-state index contributed by atoms with van der Waals surface area (Å²) < 4.78 is 26.6. The Balaban J connectivity index is 1.86. The van der Waals surface area contributed by atoms with Gasteiger partial charge in [-0.3, -0.25) is 13.9 Å². The maximum atomic E-state index is 13.9. The second kappa shape index (κ2) is 15.6. The number of aryl methyl sites for hydroxylation is 1. The average molecular weight is 598 g/mol. The van der Waals surface area contributed by atoms with Crippen LogP contribution in [0.15, 0.2) is 78.9 Å². The Morgan fingerprint density at radius 1 is 0.927 bits per heavy atom. The molecule has 0 aromatic heterocycles. The van der Waals surface area contributed by atoms with Gasteiger partial charge in [0.2, 0.25) is 21.8 Å². The Morgan fingerprint density at radius 2 is 1.63 bits per heavy atom. The highest BCUT2D eigenvalue weighted by Gasteiger charge is 2.30. The van der Waals surface area contributed by atoms with E-state index < -0.39 is 16.1 Å². The minimum Gasteiger partial charge on any atom is -0.354 e. The predicted molar refractivity (Wildman–Crippen MR) is 166 cm³/mol. The molecule has 220 valence electrons. The molecule has 2 amide bonds. The SMILES string of the molecule is CCCCNC(=O)[C@@H](Cc1ccccc1)N(Cc1ccc(Cl)cc1)C(=O)CCCN(c1cccc(C)c1)S(C)(=O)=O. The van der Waals surface area contributed by atoms with Gasteiger partial charge in [-0.25, -0.2) is 8.42 Å². The smallest absolute Gasteiger partial charge is 0.243 e. The molecule has 0 aliphatic rings. The number of halogens is 1. The van der Waals surface area contributed by atoms with E-state index in [0.29, 0.717) is 30.1 Å². The number of hydrogen-bond acceptors (Lipinski definition) is 4. The minimum absolute atomic E-state index is 0.0823. The van der Waals surface area contributed by atoms with Gasteiger partial charge in [0.05, 0.1) is 11.9 Å². The molecule has 9 heteroatoms. The first kappa shape index (κ1) is 32.2. The van der Waals surface area contributed by atoms with Crippen LogP contribution in [0, 0.1) is 6.92 Å². The topological polar surface area (TPSA) is 86.8 Å². The van der Waals surface area contributed by atoms with Crippen LogP contribution in [0.1, 0.15) is 49.3 Å². The van der Waals surface area contributed by atoms with Gasteiger partial charge in [-0.2, -0.15) is 0 Å². The number of amides is 2. The molecule has 41 heavy (non-hydrogen) atoms. The van der Waals surface area contributed by atoms with Crippen LogP contribution in [0.5, 0.6) is 0 Å². The average Bonchev–Trinajstić information content (AvgIpc) is 2.94. The van der Waals surface area contributed by atoms with Gasteiger partial charge in [-0.1, -0.05) is 79.5 Å². The lowest BCUT2D eigenvalue weighted by atomic mass is 10.0. The Morgan fingerprint density at radius 3 is 2.27 bits per heavy atom. The fraction of sp³-hybridized carbons (Fsp3) is 0.375. The minimum atomic E-state index is -3.56. The summed E-state index contributed by atoms with van der Waals surface area (Å²) in [5.41, 5.74) is 3.30. The molecular weight excluding hydrogens is 558 g/mol. The van der Waals surface area contributed by atoms with Crippen molar-refractivity contribution in [3.63, 3.8) is 0 Å². The van der Waals surface area contributed by atoms with Crippen molar-refractivity contribution >= 4 is 39.1 Å². The molecule has 0 saturated heterocycles. The molecule has 3 rings (SSSR count). The van der Waals surface area contributed by atoms with Crippen molar-refractivity contribution in [3.05, 3.63) is 101 Å². The van der Waals surface area contributed by atoms with Gasteiger partial charge in [-0.15, -0.1) is 0 Å². The third kappa shape index (κ3) is 10.2. The molecule has 0 aliphatic heterocycles. The van der Waals surface area contributed by atoms with Crippen molar-refractivity contribution in [1.29, 1.82) is 0 Å². The van der Waals surface area contributed by atoms with Crippen molar-refractivity contribution in [2.45, 2.75) is 58.5 Å². The van der Waals surface area contributed by atoms with E-state index in [2.05, 4.69) is 12.2 Å². The third-order valence-corrected chi connectivity index (χ3v) is 8.25. The lowest BCUT2D eigenvalue weighted by Crippen LogP contribution is -2.50. The molecule has 0 fully saturated rings. The zero-order valence-corrected chi connectivity index (χ0v) is 25.6. The molecule has 0 radical (unpaired) electrons. The molecule has 1 atom stereocenters. The van der Waals surface area contributed by atoms with Gasteiger partial charge in [0.1, 0.15) is 6.04 Å². The fourth-order valence-corrected chi connectivity index (χ4v) is 5.72. The lowest BCUT2D eigenvalue weighted by molar-refractivity contribution is -0.141. The van der Waals surface area contributed by atoms with E-state index in [1.54, 1.807) is 23.1 Å². The largest absolute Gasteiger partial charge is 0.354 e. The number of nitrogens with one attached hydrogen (secondary N) is 1. The molecule has 0 spiro atoms. The van der Waals surface area contributed by atoms with Crippen LogP contribution in [0.4, 0.5) is 5.69 Å². The molecule has 0 bridgehead atoms. The fourth-order valence-electron chi connectivity index (χ4n) is 4.63. The Bertz CT molecular complexity index is 1380. The van der Waals surface area contributed by atoms with Gasteiger partial charge < -0.3 is 10.2 Å². The number of rotatable bonds is 15. The summed E-state index contributed by atoms with van der Waals surface area (Å²) in [5.74, 6) is -0.425. The first-order valence-electron chi connectivity index (χ1n) is 14.0. The van der Waals surface area contributed by atoms with Crippen molar-refractivity contribution in [2.24, 2.45) is 0 Å². The second-order valence-corrected chi connectivity index (χ2v) is 12.6. The number of carbonyl (C=O) groups is 2. The number of hydrogen-bond donors (Lipinski definition) is 1. The van der Waals surface area contributed by atoms with E-state index in [0.717, 1.165) is 29.5 Å². The molecule has 3 aromatic rings. The first-order valence-corrected chi connectivity index (χ1v) is 16.2. The van der Waals surface area contributed by atoms with Crippen LogP contribution >= 0.6 is 11.6 Å². The molecule has 0 heterocycles. The first-order chi connectivity index (χ1) is 19.6. The normalized spacial score (nSPS) is 12.0. The monoisotopic (exact) mass is 597 g/mol. The molecule has 0 unspecified atom stereocenters. The van der Waals surface area contributed by atoms with E-state index in [9.17, 15) is 18.0 Å². The summed E-state index contributed by atoms with van der Waals surface area (Å²) in [6.07, 6.45) is 3.69. The molecule has 7 nitrogen and oxygen atoms in total. The number of carbonyl (C=O) groups excluding carboxylic acids is 2. The molecule has 3 aromatic carbocycles. The lowest BCUT2D eigenvalue weighted by Gasteiger charge is -2.32. The van der Waals surface area contributed by atoms with Crippen molar-refractivity contribution < 1.29 is 18.0 Å². The van der Waals surface area contributed by atoms with Gasteiger partial charge in [0.15, 0.2) is 0 Å². The number of sulfonamides is 1. The summed E-state index contributed by atoms with van der Waals surface area (Å²) in [7, 11) is -3.56. The summed E-state index contributed by atoms with van der Waals surface area (Å²) in [6.45, 7) is 4.86. The number of anilines is 1. The highest BCUT2D eigenvalue weighted by Crippen LogP contribution is 2.21. The van der Waals surface area contributed by atoms with Crippen molar-refractivity contribution in [3.8, 4) is 0 Å². The number of unbranched alkanes of at least 4 members (excludes halogenated alkanes) is 1. The van der Waals surface area contributed by atoms with E-state index in [4.69, 9.17) is 11.6 Å². The predicted octanol–water partition coefficient (Wildman–Crippen LogP) is 5.75. The van der Waals surface area contributed by atoms with Crippen molar-refractivity contribution in [2.75, 3.05) is 23.7 Å². The summed E-state index contributed by atoms with van der Waals surface area (Å²) in [4.78, 5) is 29.0. The Kier molecular flexibility index (Phi) is 12.2. The third-order valence-electron chi connectivity index (χ3n) is 6.81. The number of benzene rings is 3. The maximum absolute atomic E-state index is 13.9. The zero-order valence-electron chi connectivity index (χ0n) is 24.1. The standard InChI is InChI=1S/C32H40ClN3O4S/c1-4-5-20-34-32(38)30(23-26-12-7-6-8-13-26)35(24-27-16-18-28(33)19-17-27)31(37)15-10-21-36(41(3,39)40)29-14-9-11-25(2)22-29/h6-9,11-14,16-19,22,30H,4-5,10,15,20-21,23-24H2,1-3H3,(H,34,38)/t30-/m1/s1. The molecular formula is C32H40ClN3O4S. The van der Waals surface area contributed by atoms with Gasteiger partial charge in [0, 0.05) is 37.5 Å². The summed E-state index contributed by atoms with van der Waals surface area (Å²) >= 11 is 6.10. The summed E-state index contributed by atoms with van der Waals surface area (Å²) in [5, 5.41) is 3.60. The molecule has 0 saturated carbocycles. The van der Waals surface area contributed by atoms with E-state index in [-0.39, 0.29) is 31.3 Å². The van der Waals surface area contributed by atoms with Crippen LogP contribution in [0.2, 0.25) is 5.02 Å². The maximum Gasteiger partial charge on any atom is 0.243 e. The Labute approximate surface area is 249 Å². The van der Waals surface area contributed by atoms with Crippen molar-refractivity contribution in [1.82, 2.24) is 10.2 Å².